The predicted octanol–water partition coefficient (Wildman–Crippen LogP) is 1.61. The summed E-state index contributed by atoms with van der Waals surface area (Å²) in [5, 5.41) is 9.85. The van der Waals surface area contributed by atoms with Crippen LogP contribution in [0.15, 0.2) is 52.3 Å². The molecule has 0 fully saturated rings. The molecule has 0 bridgehead atoms. The lowest BCUT2D eigenvalue weighted by Gasteiger charge is -2.10. The molecule has 0 saturated heterocycles. The fourth-order valence-corrected chi connectivity index (χ4v) is 3.82. The molecule has 2 aromatic carbocycles. The molecule has 2 aromatic rings. The van der Waals surface area contributed by atoms with E-state index in [1.165, 1.54) is 37.4 Å². The maximum absolute atomic E-state index is 12.6. The molecule has 0 saturated carbocycles. The van der Waals surface area contributed by atoms with Crippen LogP contribution in [0.5, 0.6) is 11.5 Å². The van der Waals surface area contributed by atoms with E-state index in [0.29, 0.717) is 5.75 Å². The summed E-state index contributed by atoms with van der Waals surface area (Å²) in [6.45, 7) is 0. The molecular weight excluding hydrogens is 342 g/mol. The second-order valence-electron chi connectivity index (χ2n) is 4.74. The number of rotatable bonds is 5. The Labute approximate surface area is 134 Å². The van der Waals surface area contributed by atoms with Crippen molar-refractivity contribution < 1.29 is 26.7 Å². The van der Waals surface area contributed by atoms with Crippen LogP contribution in [0, 0.1) is 0 Å². The highest BCUT2D eigenvalue weighted by Crippen LogP contribution is 2.32. The third-order valence-corrected chi connectivity index (χ3v) is 5.33. The van der Waals surface area contributed by atoms with E-state index in [1.807, 2.05) is 0 Å². The summed E-state index contributed by atoms with van der Waals surface area (Å²) in [5.74, 6) is 0.0144. The van der Waals surface area contributed by atoms with Crippen LogP contribution in [0.2, 0.25) is 0 Å². The van der Waals surface area contributed by atoms with Gasteiger partial charge in [0.05, 0.1) is 23.9 Å². The Hall–Kier alpha value is -2.26. The first-order chi connectivity index (χ1) is 10.6. The molecule has 7 nitrogen and oxygen atoms in total. The van der Waals surface area contributed by atoms with Gasteiger partial charge in [-0.05, 0) is 42.5 Å². The second kappa shape index (κ2) is 6.09. The highest BCUT2D eigenvalue weighted by atomic mass is 32.2. The number of methoxy groups -OCH3 is 1. The molecule has 0 amide bonds. The maximum atomic E-state index is 12.6. The molecule has 0 aliphatic heterocycles. The van der Waals surface area contributed by atoms with Crippen LogP contribution in [0.4, 0.5) is 5.69 Å². The number of nitrogens with one attached hydrogen (secondary N) is 1. The van der Waals surface area contributed by atoms with E-state index < -0.39 is 30.5 Å². The van der Waals surface area contributed by atoms with Crippen LogP contribution in [0.25, 0.3) is 0 Å². The number of phenolic OH excluding ortho intramolecular Hbond substituents is 1. The lowest BCUT2D eigenvalue weighted by molar-refractivity contribution is 0.414. The fourth-order valence-electron chi connectivity index (χ4n) is 1.89. The van der Waals surface area contributed by atoms with Crippen molar-refractivity contribution in [3.8, 4) is 11.5 Å². The van der Waals surface area contributed by atoms with Crippen LogP contribution in [-0.2, 0) is 19.9 Å². The van der Waals surface area contributed by atoms with Gasteiger partial charge in [0.1, 0.15) is 16.4 Å². The van der Waals surface area contributed by atoms with Gasteiger partial charge in [0, 0.05) is 0 Å². The van der Waals surface area contributed by atoms with Gasteiger partial charge >= 0.3 is 0 Å². The zero-order valence-electron chi connectivity index (χ0n) is 12.3. The predicted molar refractivity (Wildman–Crippen MR) is 85.0 cm³/mol. The van der Waals surface area contributed by atoms with Crippen molar-refractivity contribution in [3.05, 3.63) is 42.5 Å². The summed E-state index contributed by atoms with van der Waals surface area (Å²) < 4.78 is 54.8. The SMILES string of the molecule is COc1ccc(S(=O)(=O)c2cc(NS(C)(=O)=O)ccc2O)cc1. The Kier molecular flexibility index (Phi) is 4.53. The fraction of sp³-hybridized carbons (Fsp3) is 0.143. The minimum Gasteiger partial charge on any atom is -0.507 e. The highest BCUT2D eigenvalue weighted by molar-refractivity contribution is 7.92. The third-order valence-electron chi connectivity index (χ3n) is 2.92. The lowest BCUT2D eigenvalue weighted by atomic mass is 10.3. The molecule has 23 heavy (non-hydrogen) atoms. The van der Waals surface area contributed by atoms with Crippen molar-refractivity contribution in [2.24, 2.45) is 0 Å². The van der Waals surface area contributed by atoms with Crippen molar-refractivity contribution in [1.82, 2.24) is 0 Å². The average molecular weight is 357 g/mol. The van der Waals surface area contributed by atoms with E-state index in [9.17, 15) is 21.9 Å². The quantitative estimate of drug-likeness (QED) is 0.787. The number of aromatic hydroxyl groups is 1. The number of sulfone groups is 1. The second-order valence-corrected chi connectivity index (χ2v) is 8.40. The summed E-state index contributed by atoms with van der Waals surface area (Å²) in [4.78, 5) is -0.443. The number of benzene rings is 2. The van der Waals surface area contributed by atoms with E-state index in [2.05, 4.69) is 4.72 Å². The average Bonchev–Trinajstić information content (AvgIpc) is 2.47. The molecule has 0 aliphatic carbocycles. The van der Waals surface area contributed by atoms with Crippen LogP contribution in [0.1, 0.15) is 0 Å². The molecule has 9 heteroatoms. The molecule has 0 spiro atoms. The van der Waals surface area contributed by atoms with E-state index >= 15 is 0 Å². The molecule has 124 valence electrons. The summed E-state index contributed by atoms with van der Waals surface area (Å²) in [7, 11) is -6.13. The Bertz CT molecular complexity index is 918. The largest absolute Gasteiger partial charge is 0.507 e. The van der Waals surface area contributed by atoms with Crippen molar-refractivity contribution in [3.63, 3.8) is 0 Å². The van der Waals surface area contributed by atoms with Crippen LogP contribution >= 0.6 is 0 Å². The van der Waals surface area contributed by atoms with Gasteiger partial charge in [-0.25, -0.2) is 16.8 Å². The van der Waals surface area contributed by atoms with E-state index in [1.54, 1.807) is 0 Å². The first kappa shape index (κ1) is 17.1. The Balaban J connectivity index is 2.52. The minimum absolute atomic E-state index is 0.0392. The van der Waals surface area contributed by atoms with Crippen molar-refractivity contribution >= 4 is 25.5 Å². The molecule has 0 heterocycles. The number of sulfonamides is 1. The van der Waals surface area contributed by atoms with Gasteiger partial charge in [-0.2, -0.15) is 0 Å². The third kappa shape index (κ3) is 3.93. The van der Waals surface area contributed by atoms with Gasteiger partial charge in [0.15, 0.2) is 0 Å². The first-order valence-electron chi connectivity index (χ1n) is 6.33. The zero-order chi connectivity index (χ0) is 17.3. The standard InChI is InChI=1S/C14H15NO6S2/c1-21-11-4-6-12(7-5-11)23(19,20)14-9-10(3-8-13(14)16)15-22(2,17)18/h3-9,15-16H,1-2H3. The summed E-state index contributed by atoms with van der Waals surface area (Å²) in [6.07, 6.45) is 0.942. The first-order valence-corrected chi connectivity index (χ1v) is 9.71. The zero-order valence-corrected chi connectivity index (χ0v) is 14.0. The lowest BCUT2D eigenvalue weighted by Crippen LogP contribution is -2.10. The monoisotopic (exact) mass is 357 g/mol. The van der Waals surface area contributed by atoms with Crippen LogP contribution < -0.4 is 9.46 Å². The Morgan fingerprint density at radius 3 is 2.13 bits per heavy atom. The number of hydrogen-bond donors (Lipinski definition) is 2. The maximum Gasteiger partial charge on any atom is 0.229 e. The van der Waals surface area contributed by atoms with Crippen LogP contribution in [0.3, 0.4) is 0 Å². The minimum atomic E-state index is -4.01. The molecule has 0 atom stereocenters. The normalized spacial score (nSPS) is 11.9. The van der Waals surface area contributed by atoms with Crippen LogP contribution in [-0.4, -0.2) is 35.3 Å². The molecule has 2 rings (SSSR count). The van der Waals surface area contributed by atoms with Gasteiger partial charge in [0.2, 0.25) is 19.9 Å². The van der Waals surface area contributed by atoms with Gasteiger partial charge in [-0.1, -0.05) is 0 Å². The van der Waals surface area contributed by atoms with Crippen molar-refractivity contribution in [2.45, 2.75) is 9.79 Å². The van der Waals surface area contributed by atoms with Gasteiger partial charge in [0.25, 0.3) is 0 Å². The molecule has 0 unspecified atom stereocenters. The Morgan fingerprint density at radius 1 is 1.00 bits per heavy atom. The Morgan fingerprint density at radius 2 is 1.61 bits per heavy atom. The number of phenols is 1. The summed E-state index contributed by atoms with van der Waals surface area (Å²) in [5.41, 5.74) is 0.0392. The molecule has 2 N–H and O–H groups in total. The molecule has 0 radical (unpaired) electrons. The van der Waals surface area contributed by atoms with E-state index in [4.69, 9.17) is 4.74 Å². The van der Waals surface area contributed by atoms with Gasteiger partial charge in [-0.3, -0.25) is 4.72 Å². The smallest absolute Gasteiger partial charge is 0.229 e. The van der Waals surface area contributed by atoms with Gasteiger partial charge in [-0.15, -0.1) is 0 Å². The van der Waals surface area contributed by atoms with Crippen molar-refractivity contribution in [2.75, 3.05) is 18.1 Å². The summed E-state index contributed by atoms with van der Waals surface area (Å²) in [6, 6.07) is 9.07. The van der Waals surface area contributed by atoms with Gasteiger partial charge < -0.3 is 9.84 Å². The van der Waals surface area contributed by atoms with Crippen molar-refractivity contribution in [1.29, 1.82) is 0 Å². The molecule has 0 aromatic heterocycles. The molecular formula is C14H15NO6S2. The molecule has 0 aliphatic rings. The summed E-state index contributed by atoms with van der Waals surface area (Å²) >= 11 is 0. The van der Waals surface area contributed by atoms with E-state index in [-0.39, 0.29) is 10.6 Å². The highest BCUT2D eigenvalue weighted by Gasteiger charge is 2.22. The number of anilines is 1. The number of ether oxygens (including phenoxy) is 1. The number of hydrogen-bond acceptors (Lipinski definition) is 6. The topological polar surface area (TPSA) is 110 Å². The van der Waals surface area contributed by atoms with E-state index in [0.717, 1.165) is 18.4 Å².